The van der Waals surface area contributed by atoms with Gasteiger partial charge in [0.25, 0.3) is 0 Å². The molecule has 2 aliphatic rings. The van der Waals surface area contributed by atoms with Gasteiger partial charge in [-0.3, -0.25) is 0 Å². The lowest BCUT2D eigenvalue weighted by molar-refractivity contribution is 0.0601. The number of para-hydroxylation sites is 1. The van der Waals surface area contributed by atoms with Crippen LogP contribution in [0.5, 0.6) is 0 Å². The molecule has 4 atom stereocenters. The van der Waals surface area contributed by atoms with Crippen molar-refractivity contribution in [1.82, 2.24) is 4.98 Å². The molecule has 3 heterocycles. The maximum Gasteiger partial charge on any atom is 0.343 e. The van der Waals surface area contributed by atoms with Gasteiger partial charge in [-0.1, -0.05) is 18.2 Å². The number of nitrogens with two attached hydrogens (primary N) is 4. The number of hydrogen-bond donors (Lipinski definition) is 4. The van der Waals surface area contributed by atoms with E-state index >= 15 is 0 Å². The highest BCUT2D eigenvalue weighted by molar-refractivity contribution is 6.09. The number of fused-ring (bicyclic) bond motifs is 1. The minimum absolute atomic E-state index is 0. The summed E-state index contributed by atoms with van der Waals surface area (Å²) in [6, 6.07) is 7.44. The van der Waals surface area contributed by atoms with Crippen LogP contribution < -0.4 is 32.7 Å². The molecule has 0 aliphatic carbocycles. The van der Waals surface area contributed by atoms with Gasteiger partial charge in [0.2, 0.25) is 0 Å². The molecule has 0 amide bonds. The summed E-state index contributed by atoms with van der Waals surface area (Å²) in [5.74, 6) is 0.104. The highest BCUT2D eigenvalue weighted by Crippen LogP contribution is 2.38. The van der Waals surface area contributed by atoms with E-state index in [0.717, 1.165) is 29.4 Å². The lowest BCUT2D eigenvalue weighted by Crippen LogP contribution is -2.54. The highest BCUT2D eigenvalue weighted by Gasteiger charge is 2.34. The van der Waals surface area contributed by atoms with Crippen LogP contribution in [0, 0.1) is 0 Å². The van der Waals surface area contributed by atoms with Gasteiger partial charge in [0.1, 0.15) is 11.4 Å². The SMILES string of the molecule is COC(=O)c1c(N2C[C@H](N)C[C@H](N)C2)nc2ccccc2c1N1C[C@H](N)C[C@H](N)C1.Cl. The minimum Gasteiger partial charge on any atom is -0.465 e. The lowest BCUT2D eigenvalue weighted by atomic mass is 9.97. The number of piperidine rings is 2. The Balaban J connectivity index is 0.00000272. The molecule has 0 saturated carbocycles. The summed E-state index contributed by atoms with van der Waals surface area (Å²) in [6.45, 7) is 2.34. The normalized spacial score (nSPS) is 26.5. The van der Waals surface area contributed by atoms with E-state index in [9.17, 15) is 4.79 Å². The number of halogens is 1. The number of aromatic nitrogens is 1. The first-order valence-electron chi connectivity index (χ1n) is 10.4. The van der Waals surface area contributed by atoms with Crippen LogP contribution in [-0.2, 0) is 4.74 Å². The predicted octanol–water partition coefficient (Wildman–Crippen LogP) is 0.173. The monoisotopic (exact) mass is 449 g/mol. The van der Waals surface area contributed by atoms with Crippen LogP contribution in [-0.4, -0.2) is 68.4 Å². The van der Waals surface area contributed by atoms with Crippen molar-refractivity contribution >= 4 is 40.8 Å². The Morgan fingerprint density at radius 1 is 0.935 bits per heavy atom. The average molecular weight is 450 g/mol. The van der Waals surface area contributed by atoms with Gasteiger partial charge in [-0.2, -0.15) is 0 Å². The van der Waals surface area contributed by atoms with E-state index in [1.165, 1.54) is 7.11 Å². The molecule has 9 nitrogen and oxygen atoms in total. The molecule has 170 valence electrons. The maximum atomic E-state index is 13.1. The number of hydrogen-bond acceptors (Lipinski definition) is 9. The molecule has 0 radical (unpaired) electrons. The number of anilines is 2. The first-order valence-corrected chi connectivity index (χ1v) is 10.4. The van der Waals surface area contributed by atoms with E-state index < -0.39 is 5.97 Å². The Hall–Kier alpha value is -2.17. The number of benzene rings is 1. The van der Waals surface area contributed by atoms with Crippen molar-refractivity contribution < 1.29 is 9.53 Å². The number of pyridine rings is 1. The van der Waals surface area contributed by atoms with Crippen LogP contribution in [0.15, 0.2) is 24.3 Å². The number of carbonyl (C=O) groups excluding carboxylic acids is 1. The largest absolute Gasteiger partial charge is 0.465 e. The van der Waals surface area contributed by atoms with Crippen molar-refractivity contribution in [3.8, 4) is 0 Å². The first-order chi connectivity index (χ1) is 14.4. The van der Waals surface area contributed by atoms with Crippen LogP contribution in [0.4, 0.5) is 11.5 Å². The molecule has 1 aromatic carbocycles. The molecule has 2 fully saturated rings. The topological polar surface area (TPSA) is 150 Å². The summed E-state index contributed by atoms with van der Waals surface area (Å²) in [6.07, 6.45) is 1.48. The van der Waals surface area contributed by atoms with E-state index in [1.54, 1.807) is 0 Å². The van der Waals surface area contributed by atoms with E-state index in [4.69, 9.17) is 32.7 Å². The zero-order valence-corrected chi connectivity index (χ0v) is 18.6. The minimum atomic E-state index is -0.446. The summed E-state index contributed by atoms with van der Waals surface area (Å²) in [4.78, 5) is 22.0. The van der Waals surface area contributed by atoms with Crippen molar-refractivity contribution in [2.24, 2.45) is 22.9 Å². The van der Waals surface area contributed by atoms with Gasteiger partial charge in [0, 0.05) is 55.7 Å². The highest BCUT2D eigenvalue weighted by atomic mass is 35.5. The number of methoxy groups -OCH3 is 1. The molecular formula is C21H32ClN7O2. The number of nitrogens with zero attached hydrogens (tertiary/aromatic N) is 3. The fourth-order valence-electron chi connectivity index (χ4n) is 4.74. The zero-order chi connectivity index (χ0) is 21.4. The third-order valence-electron chi connectivity index (χ3n) is 5.88. The molecule has 0 spiro atoms. The van der Waals surface area contributed by atoms with Crippen LogP contribution >= 0.6 is 12.4 Å². The van der Waals surface area contributed by atoms with Crippen LogP contribution in [0.1, 0.15) is 23.2 Å². The predicted molar refractivity (Wildman–Crippen MR) is 126 cm³/mol. The molecule has 2 saturated heterocycles. The van der Waals surface area contributed by atoms with E-state index in [0.29, 0.717) is 37.6 Å². The van der Waals surface area contributed by atoms with E-state index in [-0.39, 0.29) is 36.6 Å². The summed E-state index contributed by atoms with van der Waals surface area (Å²) in [7, 11) is 1.38. The molecule has 4 rings (SSSR count). The second kappa shape index (κ2) is 9.54. The van der Waals surface area contributed by atoms with Crippen molar-refractivity contribution in [2.45, 2.75) is 37.0 Å². The summed E-state index contributed by atoms with van der Waals surface area (Å²) in [5.41, 5.74) is 27.0. The van der Waals surface area contributed by atoms with Crippen LogP contribution in [0.25, 0.3) is 10.9 Å². The number of esters is 1. The molecule has 1 aromatic heterocycles. The van der Waals surface area contributed by atoms with Crippen molar-refractivity contribution in [3.05, 3.63) is 29.8 Å². The molecule has 10 heteroatoms. The van der Waals surface area contributed by atoms with Crippen molar-refractivity contribution in [2.75, 3.05) is 43.1 Å². The van der Waals surface area contributed by atoms with Gasteiger partial charge in [0.15, 0.2) is 0 Å². The zero-order valence-electron chi connectivity index (χ0n) is 17.7. The molecule has 8 N–H and O–H groups in total. The van der Waals surface area contributed by atoms with Crippen LogP contribution in [0.2, 0.25) is 0 Å². The number of carbonyl (C=O) groups is 1. The summed E-state index contributed by atoms with van der Waals surface area (Å²) < 4.78 is 5.20. The molecule has 0 bridgehead atoms. The fourth-order valence-corrected chi connectivity index (χ4v) is 4.74. The van der Waals surface area contributed by atoms with Gasteiger partial charge < -0.3 is 37.5 Å². The molecule has 31 heavy (non-hydrogen) atoms. The number of rotatable bonds is 3. The molecule has 0 unspecified atom stereocenters. The van der Waals surface area contributed by atoms with Gasteiger partial charge in [-0.25, -0.2) is 9.78 Å². The van der Waals surface area contributed by atoms with E-state index in [2.05, 4.69) is 4.90 Å². The standard InChI is InChI=1S/C21H31N7O2.ClH/c1-30-21(29)18-19(27-8-12(22)6-13(23)9-27)16-4-2-3-5-17(16)26-20(18)28-10-14(24)7-15(25)11-28;/h2-5,12-15H,6-11,22-25H2,1H3;1H/t12-,13+,14-,15+;. The second-order valence-electron chi connectivity index (χ2n) is 8.49. The Morgan fingerprint density at radius 2 is 1.45 bits per heavy atom. The van der Waals surface area contributed by atoms with Gasteiger partial charge in [-0.05, 0) is 18.9 Å². The van der Waals surface area contributed by atoms with Crippen molar-refractivity contribution in [1.29, 1.82) is 0 Å². The Labute approximate surface area is 188 Å². The molecule has 2 aliphatic heterocycles. The third kappa shape index (κ3) is 4.70. The molecule has 2 aromatic rings. The second-order valence-corrected chi connectivity index (χ2v) is 8.49. The Morgan fingerprint density at radius 3 is 2.00 bits per heavy atom. The maximum absolute atomic E-state index is 13.1. The third-order valence-corrected chi connectivity index (χ3v) is 5.88. The van der Waals surface area contributed by atoms with Crippen LogP contribution in [0.3, 0.4) is 0 Å². The van der Waals surface area contributed by atoms with E-state index in [1.807, 2.05) is 29.2 Å². The average Bonchev–Trinajstić information content (AvgIpc) is 2.70. The lowest BCUT2D eigenvalue weighted by Gasteiger charge is -2.40. The summed E-state index contributed by atoms with van der Waals surface area (Å²) >= 11 is 0. The smallest absolute Gasteiger partial charge is 0.343 e. The fraction of sp³-hybridized carbons (Fsp3) is 0.524. The van der Waals surface area contributed by atoms with Gasteiger partial charge in [-0.15, -0.1) is 12.4 Å². The Kier molecular flexibility index (Phi) is 7.23. The quantitative estimate of drug-likeness (QED) is 0.481. The van der Waals surface area contributed by atoms with Gasteiger partial charge in [0.05, 0.1) is 18.3 Å². The Bertz CT molecular complexity index is 923. The summed E-state index contributed by atoms with van der Waals surface area (Å²) in [5, 5.41) is 0.869. The molecular weight excluding hydrogens is 418 g/mol. The number of ether oxygens (including phenoxy) is 1. The van der Waals surface area contributed by atoms with Crippen molar-refractivity contribution in [3.63, 3.8) is 0 Å². The van der Waals surface area contributed by atoms with Gasteiger partial charge >= 0.3 is 5.97 Å². The first kappa shape index (κ1) is 23.5.